The topological polar surface area (TPSA) is 82.0 Å². The van der Waals surface area contributed by atoms with Gasteiger partial charge in [-0.15, -0.1) is 0 Å². The highest BCUT2D eigenvalue weighted by molar-refractivity contribution is 5.62. The van der Waals surface area contributed by atoms with Gasteiger partial charge in [0.25, 0.3) is 0 Å². The number of ether oxygens (including phenoxy) is 2. The van der Waals surface area contributed by atoms with E-state index >= 15 is 0 Å². The summed E-state index contributed by atoms with van der Waals surface area (Å²) in [6, 6.07) is 3.44. The van der Waals surface area contributed by atoms with Gasteiger partial charge in [-0.25, -0.2) is 0 Å². The molecule has 2 heterocycles. The van der Waals surface area contributed by atoms with Crippen molar-refractivity contribution in [3.8, 4) is 11.5 Å². The molecule has 0 amide bonds. The summed E-state index contributed by atoms with van der Waals surface area (Å²) in [6.07, 6.45) is 0.795. The van der Waals surface area contributed by atoms with Crippen molar-refractivity contribution in [2.75, 3.05) is 20.7 Å². The van der Waals surface area contributed by atoms with Crippen LogP contribution in [-0.2, 0) is 11.8 Å². The molecule has 130 valence electrons. The maximum atomic E-state index is 13.1. The van der Waals surface area contributed by atoms with Crippen molar-refractivity contribution < 1.29 is 24.3 Å². The third-order valence-electron chi connectivity index (χ3n) is 7.12. The number of hydrogen-bond acceptors (Lipinski definition) is 5. The lowest BCUT2D eigenvalue weighted by atomic mass is 9.48. The van der Waals surface area contributed by atoms with Crippen LogP contribution in [0.1, 0.15) is 30.4 Å². The summed E-state index contributed by atoms with van der Waals surface area (Å²) in [5, 5.41) is 35.5. The standard InChI is InChI=1S/C18H23NO5/c1-19(22)8-7-17-14-10-3-4-12(23-2)15(14)24-16(17)11(20)5-6-18(17,21)13(19)9-10/h3-4,11,13,16,20-21H,5-9H2,1-2H3/t11-,13+,16-,17-,18+,19?/m0/s1. The van der Waals surface area contributed by atoms with Gasteiger partial charge in [-0.05, 0) is 24.5 Å². The second-order valence-electron chi connectivity index (χ2n) is 8.04. The molecular formula is C18H23NO5. The first kappa shape index (κ1) is 15.0. The van der Waals surface area contributed by atoms with Crippen LogP contribution in [0, 0.1) is 5.21 Å². The average molecular weight is 333 g/mol. The van der Waals surface area contributed by atoms with E-state index in [0.29, 0.717) is 43.7 Å². The monoisotopic (exact) mass is 333 g/mol. The quantitative estimate of drug-likeness (QED) is 0.588. The van der Waals surface area contributed by atoms with Gasteiger partial charge in [-0.1, -0.05) is 6.07 Å². The minimum absolute atomic E-state index is 0.420. The number of benzene rings is 1. The Balaban J connectivity index is 1.84. The first-order valence-corrected chi connectivity index (χ1v) is 8.69. The van der Waals surface area contributed by atoms with Crippen LogP contribution in [-0.4, -0.2) is 59.4 Å². The van der Waals surface area contributed by atoms with Crippen LogP contribution in [0.2, 0.25) is 0 Å². The molecule has 6 nitrogen and oxygen atoms in total. The Morgan fingerprint density at radius 1 is 1.38 bits per heavy atom. The van der Waals surface area contributed by atoms with Crippen LogP contribution in [0.5, 0.6) is 11.5 Å². The van der Waals surface area contributed by atoms with Crippen molar-refractivity contribution in [2.24, 2.45) is 0 Å². The maximum absolute atomic E-state index is 13.1. The second kappa shape index (κ2) is 4.25. The van der Waals surface area contributed by atoms with E-state index in [9.17, 15) is 15.4 Å². The second-order valence-corrected chi connectivity index (χ2v) is 8.04. The molecule has 1 spiro atoms. The summed E-state index contributed by atoms with van der Waals surface area (Å²) < 4.78 is 11.2. The number of methoxy groups -OCH3 is 1. The SMILES string of the molecule is COc1ccc2c3c1O[C@H]1[C@@H](O)CC[C@@]4(O)[C@@H](C2)[N+](C)([O-])CC[C@]314. The number of likely N-dealkylation sites (tertiary alicyclic amines) is 1. The molecule has 2 aliphatic heterocycles. The molecule has 1 unspecified atom stereocenters. The number of nitrogens with zero attached hydrogens (tertiary/aromatic N) is 1. The lowest BCUT2D eigenvalue weighted by molar-refractivity contribution is -0.904. The Kier molecular flexibility index (Phi) is 2.65. The summed E-state index contributed by atoms with van der Waals surface area (Å²) in [4.78, 5) is 0. The predicted octanol–water partition coefficient (Wildman–Crippen LogP) is 0.853. The summed E-state index contributed by atoms with van der Waals surface area (Å²) in [6.45, 7) is 0.426. The number of aliphatic hydroxyl groups excluding tert-OH is 1. The molecule has 0 radical (unpaired) electrons. The number of hydroxylamine groups is 3. The Labute approximate surface area is 140 Å². The van der Waals surface area contributed by atoms with Gasteiger partial charge in [-0.3, -0.25) is 0 Å². The van der Waals surface area contributed by atoms with Crippen molar-refractivity contribution in [1.82, 2.24) is 0 Å². The Bertz CT molecular complexity index is 734. The van der Waals surface area contributed by atoms with Gasteiger partial charge < -0.3 is 29.5 Å². The lowest BCUT2D eigenvalue weighted by Gasteiger charge is -2.66. The summed E-state index contributed by atoms with van der Waals surface area (Å²) >= 11 is 0. The van der Waals surface area contributed by atoms with Crippen LogP contribution in [0.4, 0.5) is 0 Å². The zero-order chi connectivity index (χ0) is 16.9. The van der Waals surface area contributed by atoms with Gasteiger partial charge in [0.2, 0.25) is 0 Å². The molecule has 1 aromatic rings. The van der Waals surface area contributed by atoms with E-state index in [4.69, 9.17) is 9.47 Å². The molecule has 1 saturated carbocycles. The van der Waals surface area contributed by atoms with E-state index in [1.807, 2.05) is 12.1 Å². The molecule has 1 aromatic carbocycles. The van der Waals surface area contributed by atoms with Crippen LogP contribution >= 0.6 is 0 Å². The molecule has 1 saturated heterocycles. The Morgan fingerprint density at radius 2 is 2.17 bits per heavy atom. The number of piperidine rings is 1. The zero-order valence-electron chi connectivity index (χ0n) is 14.0. The lowest BCUT2D eigenvalue weighted by Crippen LogP contribution is -2.79. The fourth-order valence-electron chi connectivity index (χ4n) is 6.05. The molecular weight excluding hydrogens is 310 g/mol. The molecule has 2 N–H and O–H groups in total. The summed E-state index contributed by atoms with van der Waals surface area (Å²) in [5.74, 6) is 1.29. The van der Waals surface area contributed by atoms with Crippen LogP contribution in [0.25, 0.3) is 0 Å². The third-order valence-corrected chi connectivity index (χ3v) is 7.12. The van der Waals surface area contributed by atoms with Gasteiger partial charge in [0.05, 0.1) is 32.2 Å². The molecule has 6 heteroatoms. The van der Waals surface area contributed by atoms with Gasteiger partial charge >= 0.3 is 0 Å². The fraction of sp³-hybridized carbons (Fsp3) is 0.667. The molecule has 24 heavy (non-hydrogen) atoms. The smallest absolute Gasteiger partial charge is 0.166 e. The fourth-order valence-corrected chi connectivity index (χ4v) is 6.05. The highest BCUT2D eigenvalue weighted by atomic mass is 16.6. The molecule has 5 rings (SSSR count). The molecule has 2 fully saturated rings. The highest BCUT2D eigenvalue weighted by Gasteiger charge is 2.75. The normalized spacial score (nSPS) is 47.8. The van der Waals surface area contributed by atoms with E-state index in [1.54, 1.807) is 14.2 Å². The van der Waals surface area contributed by atoms with E-state index in [1.165, 1.54) is 0 Å². The van der Waals surface area contributed by atoms with Crippen molar-refractivity contribution in [3.05, 3.63) is 28.5 Å². The number of likely N-dealkylation sites (N-methyl/N-ethyl adjacent to an activating group) is 1. The number of hydrogen-bond donors (Lipinski definition) is 2. The van der Waals surface area contributed by atoms with Crippen molar-refractivity contribution in [1.29, 1.82) is 0 Å². The molecule has 0 aromatic heterocycles. The Hall–Kier alpha value is -1.34. The highest BCUT2D eigenvalue weighted by Crippen LogP contribution is 2.66. The van der Waals surface area contributed by atoms with Gasteiger partial charge in [-0.2, -0.15) is 0 Å². The van der Waals surface area contributed by atoms with E-state index in [-0.39, 0.29) is 0 Å². The maximum Gasteiger partial charge on any atom is 0.166 e. The minimum Gasteiger partial charge on any atom is -0.633 e. The largest absolute Gasteiger partial charge is 0.633 e. The molecule has 2 bridgehead atoms. The summed E-state index contributed by atoms with van der Waals surface area (Å²) in [7, 11) is 3.27. The first-order chi connectivity index (χ1) is 11.3. The van der Waals surface area contributed by atoms with E-state index in [2.05, 4.69) is 0 Å². The van der Waals surface area contributed by atoms with Crippen molar-refractivity contribution >= 4 is 0 Å². The minimum atomic E-state index is -1.14. The Morgan fingerprint density at radius 3 is 2.92 bits per heavy atom. The van der Waals surface area contributed by atoms with E-state index < -0.39 is 33.9 Å². The molecule has 6 atom stereocenters. The van der Waals surface area contributed by atoms with Gasteiger partial charge in [0.15, 0.2) is 11.5 Å². The van der Waals surface area contributed by atoms with Gasteiger partial charge in [0, 0.05) is 18.4 Å². The van der Waals surface area contributed by atoms with E-state index in [0.717, 1.165) is 11.1 Å². The van der Waals surface area contributed by atoms with Crippen LogP contribution in [0.15, 0.2) is 12.1 Å². The number of quaternary nitrogens is 1. The zero-order valence-corrected chi connectivity index (χ0v) is 14.0. The van der Waals surface area contributed by atoms with Crippen LogP contribution in [0.3, 0.4) is 0 Å². The first-order valence-electron chi connectivity index (χ1n) is 8.69. The van der Waals surface area contributed by atoms with Crippen LogP contribution < -0.4 is 9.47 Å². The molecule has 4 aliphatic rings. The summed E-state index contributed by atoms with van der Waals surface area (Å²) in [5.41, 5.74) is 0.187. The molecule has 2 aliphatic carbocycles. The van der Waals surface area contributed by atoms with Gasteiger partial charge in [0.1, 0.15) is 17.7 Å². The third kappa shape index (κ3) is 1.39. The average Bonchev–Trinajstić information content (AvgIpc) is 2.90. The number of rotatable bonds is 1. The van der Waals surface area contributed by atoms with Crippen molar-refractivity contribution in [3.63, 3.8) is 0 Å². The number of aliphatic hydroxyl groups is 2. The van der Waals surface area contributed by atoms with Crippen molar-refractivity contribution in [2.45, 2.75) is 54.9 Å². The predicted molar refractivity (Wildman–Crippen MR) is 85.8 cm³/mol.